The number of allylic oxidation sites excluding steroid dienone is 4. The number of rotatable bonds is 12. The van der Waals surface area contributed by atoms with Crippen LogP contribution >= 0.6 is 0 Å². The molecule has 0 unspecified atom stereocenters. The molecule has 0 aromatic heterocycles. The summed E-state index contributed by atoms with van der Waals surface area (Å²) < 4.78 is 17.5. The van der Waals surface area contributed by atoms with Crippen LogP contribution in [0.3, 0.4) is 0 Å². The number of carbonyl (C=O) groups is 3. The largest absolute Gasteiger partial charge is 0.481 e. The van der Waals surface area contributed by atoms with Crippen molar-refractivity contribution in [2.24, 2.45) is 46.4 Å². The van der Waals surface area contributed by atoms with Gasteiger partial charge in [-0.2, -0.15) is 0 Å². The molecule has 1 fully saturated rings. The Bertz CT molecular complexity index is 2150. The van der Waals surface area contributed by atoms with Crippen molar-refractivity contribution in [3.05, 3.63) is 47.6 Å². The van der Waals surface area contributed by atoms with Gasteiger partial charge >= 0.3 is 17.9 Å². The van der Waals surface area contributed by atoms with Gasteiger partial charge in [-0.3, -0.25) is 19.4 Å². The van der Waals surface area contributed by atoms with Crippen molar-refractivity contribution in [3.8, 4) is 0 Å². The number of aliphatic hydroxyl groups excluding tert-OH is 12. The number of aliphatic hydroxyl groups is 13. The van der Waals surface area contributed by atoms with E-state index in [0.717, 1.165) is 43.8 Å². The smallest absolute Gasteiger partial charge is 0.317 e. The van der Waals surface area contributed by atoms with Gasteiger partial charge in [-0.25, -0.2) is 0 Å². The summed E-state index contributed by atoms with van der Waals surface area (Å²) in [6.07, 6.45) is -8.35. The number of hydrogen-bond acceptors (Lipinski definition) is 20. The van der Waals surface area contributed by atoms with Crippen molar-refractivity contribution < 1.29 is 100 Å². The molecule has 86 heavy (non-hydrogen) atoms. The Morgan fingerprint density at radius 1 is 0.767 bits per heavy atom. The summed E-state index contributed by atoms with van der Waals surface area (Å²) in [6.45, 7) is 16.2. The van der Waals surface area contributed by atoms with Crippen molar-refractivity contribution >= 4 is 23.9 Å². The summed E-state index contributed by atoms with van der Waals surface area (Å²) in [5.74, 6) is -9.88. The quantitative estimate of drug-likeness (QED) is 0.0333. The lowest BCUT2D eigenvalue weighted by Crippen LogP contribution is -2.60. The maximum atomic E-state index is 14.0. The Morgan fingerprint density at radius 2 is 1.38 bits per heavy atom. The molecule has 16 N–H and O–H groups in total. The summed E-state index contributed by atoms with van der Waals surface area (Å²) in [5, 5.41) is 161. The maximum absolute atomic E-state index is 14.0. The fourth-order valence-electron chi connectivity index (χ4n) is 11.2. The van der Waals surface area contributed by atoms with E-state index >= 15 is 0 Å². The first-order valence-corrected chi connectivity index (χ1v) is 31.0. The molecule has 0 aliphatic carbocycles. The number of carboxylic acids is 1. The molecule has 2 bridgehead atoms. The summed E-state index contributed by atoms with van der Waals surface area (Å²) in [6, 6.07) is 0. The van der Waals surface area contributed by atoms with Crippen molar-refractivity contribution in [2.75, 3.05) is 20.6 Å². The number of fused-ring (bicyclic) bond motifs is 2. The Balaban J connectivity index is 2.48. The third-order valence-electron chi connectivity index (χ3n) is 17.5. The van der Waals surface area contributed by atoms with Gasteiger partial charge in [-0.1, -0.05) is 90.0 Å². The SMILES string of the molecule is CN=C(NC)NCCCCC/C=C(\C)C[C@H](C)[C@@H]1OC(=O)[C@H](C)[C@@H](O)/C(C)=C\C[C@H](O)[C@@H](C)[C@H](O)C[C@H](O)[C@@H](C)[C@H](O)CC[C@H](C)[C@@H](O)C[C@@]2(O)O[C@@H](C[C@@H](OC(=O)CC(=O)O)C[C@@H](O)C[C@H](O)C[C@@H](O)[C@H](C)[C@H](O)/C=C\C=C/[C@H]1C)C[C@H](O)[C@H]2O. The number of nitrogens with zero attached hydrogens (tertiary/aromatic N) is 1. The van der Waals surface area contributed by atoms with Crippen LogP contribution in [0.2, 0.25) is 0 Å². The van der Waals surface area contributed by atoms with E-state index in [9.17, 15) is 85.9 Å². The van der Waals surface area contributed by atoms with Gasteiger partial charge in [0, 0.05) is 70.0 Å². The van der Waals surface area contributed by atoms with Gasteiger partial charge in [0.15, 0.2) is 11.7 Å². The second-order valence-corrected chi connectivity index (χ2v) is 25.0. The molecule has 0 saturated carbocycles. The molecule has 1 saturated heterocycles. The van der Waals surface area contributed by atoms with Gasteiger partial charge in [-0.05, 0) is 102 Å². The predicted molar refractivity (Wildman–Crippen MR) is 324 cm³/mol. The first kappa shape index (κ1) is 78.2. The minimum atomic E-state index is -2.57. The van der Waals surface area contributed by atoms with Gasteiger partial charge in [0.25, 0.3) is 0 Å². The average molecular weight is 1230 g/mol. The van der Waals surface area contributed by atoms with E-state index in [0.29, 0.717) is 12.0 Å². The monoisotopic (exact) mass is 1230 g/mol. The Hall–Kier alpha value is -3.92. The average Bonchev–Trinajstić information content (AvgIpc) is 1.30. The standard InChI is InChI=1S/C63H111N3O20/c1-35(18-14-12-13-17-25-66-62(64-10)65-11)26-39(5)59-38(4)19-15-16-20-48(69)40(6)51(72)29-45(68)27-44(67)28-46(84-57(79)33-56(77)78)30-47-31-54(75)60(81)63(83,86-47)34-55(76)36(2)21-23-49(70)41(7)52(73)32-53(74)42(8)50(71)24-22-37(3)58(80)43(9)61(82)85-59/h15-16,18-20,22,36,38-55,58-60,67-76,80-81,83H,12-14,17,21,23-34H2,1-11H3,(H,77,78)(H2,64,65,66)/b19-15-,20-16-,35-18+,37-22-/t36-,38+,39-,40+,41-,42+,43+,44-,45-,46-,47-,48+,49+,50-,51+,52-,53+,54-,55-,58-,59+,60+,63+/m0/s1. The van der Waals surface area contributed by atoms with E-state index in [1.54, 1.807) is 73.9 Å². The van der Waals surface area contributed by atoms with Crippen LogP contribution in [0.25, 0.3) is 0 Å². The molecule has 2 aliphatic heterocycles. The Morgan fingerprint density at radius 3 is 2.01 bits per heavy atom. The van der Waals surface area contributed by atoms with E-state index in [1.807, 2.05) is 26.8 Å². The van der Waals surface area contributed by atoms with E-state index in [2.05, 4.69) is 21.7 Å². The fraction of sp³-hybridized carbons (Fsp3) is 0.810. The summed E-state index contributed by atoms with van der Waals surface area (Å²) in [5.41, 5.74) is 1.50. The van der Waals surface area contributed by atoms with E-state index in [1.165, 1.54) is 6.08 Å². The zero-order valence-corrected chi connectivity index (χ0v) is 52.8. The number of carboxylic acid groups (broad SMARTS) is 1. The van der Waals surface area contributed by atoms with Crippen LogP contribution in [-0.2, 0) is 28.6 Å². The van der Waals surface area contributed by atoms with Crippen LogP contribution in [0.1, 0.15) is 165 Å². The number of aliphatic carboxylic acids is 1. The maximum Gasteiger partial charge on any atom is 0.317 e. The van der Waals surface area contributed by atoms with E-state index in [-0.39, 0.29) is 63.2 Å². The highest BCUT2D eigenvalue weighted by Crippen LogP contribution is 2.37. The molecule has 2 aliphatic rings. The van der Waals surface area contributed by atoms with Gasteiger partial charge in [0.05, 0.1) is 79.2 Å². The third-order valence-corrected chi connectivity index (χ3v) is 17.5. The van der Waals surface area contributed by atoms with Crippen LogP contribution in [-0.4, -0.2) is 213 Å². The molecule has 0 amide bonds. The normalized spacial score (nSPS) is 39.4. The van der Waals surface area contributed by atoms with Crippen LogP contribution in [0, 0.1) is 41.4 Å². The van der Waals surface area contributed by atoms with Gasteiger partial charge in [0.2, 0.25) is 0 Å². The molecular weight excluding hydrogens is 1120 g/mol. The highest BCUT2D eigenvalue weighted by atomic mass is 16.7. The second kappa shape index (κ2) is 39.3. The van der Waals surface area contributed by atoms with Crippen molar-refractivity contribution in [1.82, 2.24) is 10.6 Å². The zero-order chi connectivity index (χ0) is 65.2. The van der Waals surface area contributed by atoms with E-state index in [4.69, 9.17) is 14.2 Å². The number of nitrogens with one attached hydrogen (secondary N) is 2. The van der Waals surface area contributed by atoms with Crippen LogP contribution in [0.5, 0.6) is 0 Å². The minimum absolute atomic E-state index is 0.0142. The fourth-order valence-corrected chi connectivity index (χ4v) is 11.2. The summed E-state index contributed by atoms with van der Waals surface area (Å²) >= 11 is 0. The molecule has 2 rings (SSSR count). The first-order valence-electron chi connectivity index (χ1n) is 31.0. The number of unbranched alkanes of at least 4 members (excludes halogenated alkanes) is 3. The predicted octanol–water partition coefficient (Wildman–Crippen LogP) is 2.82. The molecule has 23 atom stereocenters. The number of esters is 2. The number of hydrogen-bond donors (Lipinski definition) is 16. The number of aliphatic imine (C=N–C) groups is 1. The molecule has 0 aromatic carbocycles. The Kier molecular flexibility index (Phi) is 35.7. The highest BCUT2D eigenvalue weighted by molar-refractivity contribution is 5.90. The molecule has 0 radical (unpaired) electrons. The number of guanidine groups is 1. The van der Waals surface area contributed by atoms with Gasteiger partial charge < -0.3 is 96.3 Å². The van der Waals surface area contributed by atoms with Crippen LogP contribution in [0.15, 0.2) is 52.6 Å². The van der Waals surface area contributed by atoms with Crippen molar-refractivity contribution in [1.29, 1.82) is 0 Å². The second-order valence-electron chi connectivity index (χ2n) is 25.0. The zero-order valence-electron chi connectivity index (χ0n) is 52.8. The molecular formula is C63H111N3O20. The lowest BCUT2D eigenvalue weighted by atomic mass is 9.83. The summed E-state index contributed by atoms with van der Waals surface area (Å²) in [7, 11) is 3.52. The minimum Gasteiger partial charge on any atom is -0.481 e. The van der Waals surface area contributed by atoms with Crippen molar-refractivity contribution in [3.63, 3.8) is 0 Å². The highest BCUT2D eigenvalue weighted by Gasteiger charge is 2.50. The molecule has 23 heteroatoms. The van der Waals surface area contributed by atoms with Crippen LogP contribution < -0.4 is 10.6 Å². The molecule has 0 spiro atoms. The van der Waals surface area contributed by atoms with Gasteiger partial charge in [-0.15, -0.1) is 0 Å². The number of carbonyl (C=O) groups excluding carboxylic acids is 2. The molecule has 2 heterocycles. The van der Waals surface area contributed by atoms with E-state index < -0.39 is 164 Å². The first-order chi connectivity index (χ1) is 40.2. The Labute approximate surface area is 510 Å². The van der Waals surface area contributed by atoms with Gasteiger partial charge in [0.1, 0.15) is 24.7 Å². The third kappa shape index (κ3) is 27.4. The molecule has 23 nitrogen and oxygen atoms in total. The lowest BCUT2D eigenvalue weighted by molar-refractivity contribution is -0.333. The lowest BCUT2D eigenvalue weighted by Gasteiger charge is -2.45. The molecule has 498 valence electrons. The topological polar surface area (TPSA) is 399 Å². The molecule has 0 aromatic rings. The summed E-state index contributed by atoms with van der Waals surface area (Å²) in [4.78, 5) is 42.1. The number of ether oxygens (including phenoxy) is 3. The number of cyclic esters (lactones) is 1. The van der Waals surface area contributed by atoms with Crippen LogP contribution in [0.4, 0.5) is 0 Å². The van der Waals surface area contributed by atoms with Crippen molar-refractivity contribution in [2.45, 2.75) is 262 Å².